The lowest BCUT2D eigenvalue weighted by atomic mass is 9.94. The maximum Gasteiger partial charge on any atom is 0.327 e. The smallest absolute Gasteiger partial charge is 0.327 e. The Hall–Kier alpha value is -0.750. The Labute approximate surface area is 124 Å². The average Bonchev–Trinajstić information content (AvgIpc) is 3.04. The van der Waals surface area contributed by atoms with E-state index in [1.807, 2.05) is 0 Å². The maximum absolute atomic E-state index is 12.8. The van der Waals surface area contributed by atoms with Gasteiger partial charge in [0, 0.05) is 11.7 Å². The van der Waals surface area contributed by atoms with Crippen molar-refractivity contribution in [2.24, 2.45) is 17.6 Å². The van der Waals surface area contributed by atoms with Crippen LogP contribution < -0.4 is 5.73 Å². The molecule has 1 saturated carbocycles. The van der Waals surface area contributed by atoms with Crippen molar-refractivity contribution in [2.75, 3.05) is 12.3 Å². The van der Waals surface area contributed by atoms with Crippen LogP contribution in [0.25, 0.3) is 0 Å². The largest absolute Gasteiger partial charge is 0.480 e. The molecule has 1 aliphatic heterocycles. The first-order valence-electron chi connectivity index (χ1n) is 7.46. The fraction of sp³-hybridized carbons (Fsp3) is 0.857. The van der Waals surface area contributed by atoms with Crippen molar-refractivity contribution in [1.29, 1.82) is 0 Å². The van der Waals surface area contributed by atoms with Gasteiger partial charge < -0.3 is 15.7 Å². The van der Waals surface area contributed by atoms with Crippen molar-refractivity contribution in [3.63, 3.8) is 0 Å². The zero-order valence-corrected chi connectivity index (χ0v) is 12.8. The van der Waals surface area contributed by atoms with Gasteiger partial charge in [-0.2, -0.15) is 0 Å². The lowest BCUT2D eigenvalue weighted by Gasteiger charge is -2.31. The van der Waals surface area contributed by atoms with Gasteiger partial charge in [0.25, 0.3) is 0 Å². The highest BCUT2D eigenvalue weighted by atomic mass is 32.2. The van der Waals surface area contributed by atoms with E-state index in [1.165, 1.54) is 0 Å². The molecule has 4 unspecified atom stereocenters. The Balaban J connectivity index is 2.16. The van der Waals surface area contributed by atoms with E-state index >= 15 is 0 Å². The quantitative estimate of drug-likeness (QED) is 0.804. The second-order valence-corrected chi connectivity index (χ2v) is 6.92. The van der Waals surface area contributed by atoms with Gasteiger partial charge in [-0.05, 0) is 31.7 Å². The van der Waals surface area contributed by atoms with Crippen LogP contribution in [0.15, 0.2) is 0 Å². The van der Waals surface area contributed by atoms with E-state index in [4.69, 9.17) is 5.73 Å². The van der Waals surface area contributed by atoms with Crippen LogP contribution >= 0.6 is 11.8 Å². The topological polar surface area (TPSA) is 83.6 Å². The minimum Gasteiger partial charge on any atom is -0.480 e. The number of rotatable bonds is 5. The van der Waals surface area contributed by atoms with E-state index < -0.39 is 12.0 Å². The number of nitrogens with zero attached hydrogens (tertiary/aromatic N) is 1. The van der Waals surface area contributed by atoms with Crippen LogP contribution in [-0.4, -0.2) is 45.6 Å². The van der Waals surface area contributed by atoms with Crippen LogP contribution in [-0.2, 0) is 9.59 Å². The zero-order chi connectivity index (χ0) is 14.7. The van der Waals surface area contributed by atoms with Crippen molar-refractivity contribution in [2.45, 2.75) is 50.4 Å². The average molecular weight is 300 g/mol. The summed E-state index contributed by atoms with van der Waals surface area (Å²) in [7, 11) is 0. The van der Waals surface area contributed by atoms with E-state index in [2.05, 4.69) is 6.92 Å². The molecule has 20 heavy (non-hydrogen) atoms. The van der Waals surface area contributed by atoms with Crippen LogP contribution in [0.2, 0.25) is 0 Å². The lowest BCUT2D eigenvalue weighted by Crippen LogP contribution is -2.49. The summed E-state index contributed by atoms with van der Waals surface area (Å²) < 4.78 is 0. The zero-order valence-electron chi connectivity index (χ0n) is 12.0. The second-order valence-electron chi connectivity index (χ2n) is 5.71. The molecule has 5 nitrogen and oxygen atoms in total. The van der Waals surface area contributed by atoms with Crippen LogP contribution in [0.1, 0.15) is 39.0 Å². The highest BCUT2D eigenvalue weighted by Crippen LogP contribution is 2.38. The molecule has 2 rings (SSSR count). The molecule has 0 bridgehead atoms. The molecule has 1 amide bonds. The number of carboxylic acids is 1. The van der Waals surface area contributed by atoms with Gasteiger partial charge in [0.2, 0.25) is 5.91 Å². The normalized spacial score (nSPS) is 33.6. The van der Waals surface area contributed by atoms with Crippen LogP contribution in [0.5, 0.6) is 0 Å². The predicted octanol–water partition coefficient (Wildman–Crippen LogP) is 1.52. The molecule has 0 aromatic heterocycles. The number of hydrogen-bond acceptors (Lipinski definition) is 4. The highest BCUT2D eigenvalue weighted by molar-refractivity contribution is 8.00. The van der Waals surface area contributed by atoms with E-state index in [0.717, 1.165) is 32.1 Å². The summed E-state index contributed by atoms with van der Waals surface area (Å²) in [6.45, 7) is 2.59. The molecule has 0 aromatic rings. The number of carboxylic acid groups (broad SMARTS) is 1. The number of hydrogen-bond donors (Lipinski definition) is 2. The molecule has 6 heteroatoms. The first kappa shape index (κ1) is 15.6. The Morgan fingerprint density at radius 3 is 2.75 bits per heavy atom. The van der Waals surface area contributed by atoms with Gasteiger partial charge in [-0.15, -0.1) is 11.8 Å². The van der Waals surface area contributed by atoms with Crippen LogP contribution in [0.4, 0.5) is 0 Å². The van der Waals surface area contributed by atoms with Gasteiger partial charge >= 0.3 is 5.97 Å². The molecule has 3 N–H and O–H groups in total. The Kier molecular flexibility index (Phi) is 5.32. The SMILES string of the molecule is CCCC1SCC(C(=O)O)N1C(=O)C1CCCC1CN. The first-order chi connectivity index (χ1) is 9.60. The summed E-state index contributed by atoms with van der Waals surface area (Å²) in [4.78, 5) is 25.9. The van der Waals surface area contributed by atoms with E-state index in [0.29, 0.717) is 12.3 Å². The molecule has 0 radical (unpaired) electrons. The molecule has 2 aliphatic rings. The number of thioether (sulfide) groups is 1. The van der Waals surface area contributed by atoms with Crippen LogP contribution in [0.3, 0.4) is 0 Å². The monoisotopic (exact) mass is 300 g/mol. The number of carbonyl (C=O) groups excluding carboxylic acids is 1. The van der Waals surface area contributed by atoms with Gasteiger partial charge in [-0.3, -0.25) is 4.79 Å². The number of aliphatic carboxylic acids is 1. The van der Waals surface area contributed by atoms with Gasteiger partial charge in [-0.1, -0.05) is 19.8 Å². The molecule has 1 aliphatic carbocycles. The van der Waals surface area contributed by atoms with Gasteiger partial charge in [-0.25, -0.2) is 4.79 Å². The molecule has 0 spiro atoms. The summed E-state index contributed by atoms with van der Waals surface area (Å²) >= 11 is 1.60. The predicted molar refractivity (Wildman–Crippen MR) is 79.3 cm³/mol. The second kappa shape index (κ2) is 6.80. The Morgan fingerprint density at radius 1 is 1.40 bits per heavy atom. The Morgan fingerprint density at radius 2 is 2.15 bits per heavy atom. The van der Waals surface area contributed by atoms with Gasteiger partial charge in [0.05, 0.1) is 5.37 Å². The minimum absolute atomic E-state index is 0.0209. The fourth-order valence-electron chi connectivity index (χ4n) is 3.35. The van der Waals surface area contributed by atoms with Crippen molar-refractivity contribution in [3.8, 4) is 0 Å². The number of carbonyl (C=O) groups is 2. The third kappa shape index (κ3) is 2.96. The molecular formula is C14H24N2O3S. The molecule has 1 saturated heterocycles. The number of amides is 1. The van der Waals surface area contributed by atoms with E-state index in [9.17, 15) is 14.7 Å². The lowest BCUT2D eigenvalue weighted by molar-refractivity contribution is -0.151. The molecule has 114 valence electrons. The molecule has 1 heterocycles. The van der Waals surface area contributed by atoms with Crippen molar-refractivity contribution in [3.05, 3.63) is 0 Å². The van der Waals surface area contributed by atoms with Crippen LogP contribution in [0, 0.1) is 11.8 Å². The van der Waals surface area contributed by atoms with E-state index in [-0.39, 0.29) is 23.1 Å². The summed E-state index contributed by atoms with van der Waals surface area (Å²) in [5.41, 5.74) is 5.76. The standard InChI is InChI=1S/C14H24N2O3S/c1-2-4-12-16(11(8-20-12)14(18)19)13(17)10-6-3-5-9(10)7-15/h9-12H,2-8,15H2,1H3,(H,18,19). The Bertz CT molecular complexity index is 377. The fourth-order valence-corrected chi connectivity index (χ4v) is 4.88. The highest BCUT2D eigenvalue weighted by Gasteiger charge is 2.45. The minimum atomic E-state index is -0.883. The number of nitrogens with two attached hydrogens (primary N) is 1. The summed E-state index contributed by atoms with van der Waals surface area (Å²) in [6, 6.07) is -0.664. The van der Waals surface area contributed by atoms with Crippen molar-refractivity contribution in [1.82, 2.24) is 4.90 Å². The van der Waals surface area contributed by atoms with Crippen molar-refractivity contribution >= 4 is 23.6 Å². The first-order valence-corrected chi connectivity index (χ1v) is 8.51. The van der Waals surface area contributed by atoms with E-state index in [1.54, 1.807) is 16.7 Å². The molecule has 4 atom stereocenters. The maximum atomic E-state index is 12.8. The summed E-state index contributed by atoms with van der Waals surface area (Å²) in [5.74, 6) is -0.198. The molecule has 2 fully saturated rings. The van der Waals surface area contributed by atoms with Crippen molar-refractivity contribution < 1.29 is 14.7 Å². The molecular weight excluding hydrogens is 276 g/mol. The third-order valence-electron chi connectivity index (χ3n) is 4.45. The molecule has 0 aromatic carbocycles. The van der Waals surface area contributed by atoms with Gasteiger partial charge in [0.1, 0.15) is 6.04 Å². The third-order valence-corrected chi connectivity index (χ3v) is 5.80. The van der Waals surface area contributed by atoms with Gasteiger partial charge in [0.15, 0.2) is 0 Å². The summed E-state index contributed by atoms with van der Waals surface area (Å²) in [6.07, 6.45) is 4.69. The summed E-state index contributed by atoms with van der Waals surface area (Å²) in [5, 5.41) is 9.37.